The van der Waals surface area contributed by atoms with Gasteiger partial charge in [0.1, 0.15) is 16.4 Å². The van der Waals surface area contributed by atoms with Gasteiger partial charge in [-0.05, 0) is 47.7 Å². The number of anilines is 2. The fraction of sp³-hybridized carbons (Fsp3) is 0.136. The largest absolute Gasteiger partial charge is 0.495 e. The normalized spacial score (nSPS) is 16.2. The SMILES string of the molecule is COc1cc(Cl)c(C)cc1N/C=C1/C(=O)c2sccc2N(Cc2cccc(F)c2)S1(=O)=O. The summed E-state index contributed by atoms with van der Waals surface area (Å²) < 4.78 is 46.9. The number of hydrogen-bond acceptors (Lipinski definition) is 6. The Kier molecular flexibility index (Phi) is 5.98. The number of rotatable bonds is 5. The van der Waals surface area contributed by atoms with Crippen molar-refractivity contribution in [1.82, 2.24) is 0 Å². The van der Waals surface area contributed by atoms with Crippen molar-refractivity contribution in [2.75, 3.05) is 16.7 Å². The second kappa shape index (κ2) is 8.57. The lowest BCUT2D eigenvalue weighted by Gasteiger charge is -2.29. The summed E-state index contributed by atoms with van der Waals surface area (Å²) in [5.74, 6) is -0.685. The third kappa shape index (κ3) is 3.99. The van der Waals surface area contributed by atoms with E-state index in [1.165, 1.54) is 25.3 Å². The van der Waals surface area contributed by atoms with E-state index in [9.17, 15) is 17.6 Å². The molecule has 2 heterocycles. The Labute approximate surface area is 193 Å². The van der Waals surface area contributed by atoms with Gasteiger partial charge in [0.2, 0.25) is 5.78 Å². The summed E-state index contributed by atoms with van der Waals surface area (Å²) in [4.78, 5) is 12.9. The predicted molar refractivity (Wildman–Crippen MR) is 125 cm³/mol. The summed E-state index contributed by atoms with van der Waals surface area (Å²) in [5.41, 5.74) is 1.95. The number of ether oxygens (including phenoxy) is 1. The third-order valence-electron chi connectivity index (χ3n) is 4.97. The quantitative estimate of drug-likeness (QED) is 0.486. The van der Waals surface area contributed by atoms with Crippen LogP contribution in [-0.4, -0.2) is 21.3 Å². The van der Waals surface area contributed by atoms with Crippen molar-refractivity contribution in [2.24, 2.45) is 0 Å². The maximum absolute atomic E-state index is 13.7. The summed E-state index contributed by atoms with van der Waals surface area (Å²) >= 11 is 7.28. The molecule has 6 nitrogen and oxygen atoms in total. The number of nitrogens with zero attached hydrogens (tertiary/aromatic N) is 1. The monoisotopic (exact) mass is 492 g/mol. The summed E-state index contributed by atoms with van der Waals surface area (Å²) in [6.45, 7) is 1.68. The van der Waals surface area contributed by atoms with Gasteiger partial charge in [0.25, 0.3) is 10.0 Å². The molecule has 1 N–H and O–H groups in total. The van der Waals surface area contributed by atoms with E-state index >= 15 is 0 Å². The standard InChI is InChI=1S/C22H18ClFN2O4S2/c1-13-8-17(19(30-2)10-16(13)23)25-11-20-21(27)22-18(6-7-31-22)26(32(20,28)29)12-14-4-3-5-15(24)9-14/h3-11,25H,12H2,1-2H3/b20-11-. The molecule has 0 spiro atoms. The number of carbonyl (C=O) groups is 1. The van der Waals surface area contributed by atoms with Crippen LogP contribution in [0.15, 0.2) is 58.9 Å². The van der Waals surface area contributed by atoms with Crippen LogP contribution >= 0.6 is 22.9 Å². The van der Waals surface area contributed by atoms with Crippen LogP contribution in [0, 0.1) is 12.7 Å². The predicted octanol–water partition coefficient (Wildman–Crippen LogP) is 5.34. The molecule has 0 radical (unpaired) electrons. The van der Waals surface area contributed by atoms with Gasteiger partial charge in [-0.1, -0.05) is 23.7 Å². The number of fused-ring (bicyclic) bond motifs is 1. The van der Waals surface area contributed by atoms with Crippen molar-refractivity contribution >= 4 is 50.1 Å². The van der Waals surface area contributed by atoms with Gasteiger partial charge in [-0.3, -0.25) is 9.10 Å². The van der Waals surface area contributed by atoms with Gasteiger partial charge in [0.15, 0.2) is 4.91 Å². The van der Waals surface area contributed by atoms with Crippen molar-refractivity contribution < 1.29 is 22.3 Å². The average Bonchev–Trinajstić information content (AvgIpc) is 3.23. The summed E-state index contributed by atoms with van der Waals surface area (Å²) in [5, 5.41) is 5.02. The second-order valence-electron chi connectivity index (χ2n) is 7.06. The number of hydrogen-bond donors (Lipinski definition) is 1. The molecule has 10 heteroatoms. The van der Waals surface area contributed by atoms with Crippen molar-refractivity contribution in [3.63, 3.8) is 0 Å². The molecule has 1 aliphatic heterocycles. The fourth-order valence-electron chi connectivity index (χ4n) is 3.35. The molecular weight excluding hydrogens is 475 g/mol. The van der Waals surface area contributed by atoms with Gasteiger partial charge in [0, 0.05) is 17.3 Å². The minimum Gasteiger partial charge on any atom is -0.495 e. The molecule has 0 saturated heterocycles. The van der Waals surface area contributed by atoms with E-state index in [4.69, 9.17) is 16.3 Å². The minimum atomic E-state index is -4.22. The average molecular weight is 493 g/mol. The molecule has 0 atom stereocenters. The van der Waals surface area contributed by atoms with Crippen LogP contribution in [0.2, 0.25) is 5.02 Å². The van der Waals surface area contributed by atoms with Gasteiger partial charge in [-0.15, -0.1) is 11.3 Å². The lowest BCUT2D eigenvalue weighted by molar-refractivity contribution is 0.104. The highest BCUT2D eigenvalue weighted by molar-refractivity contribution is 7.97. The number of nitrogens with one attached hydrogen (secondary N) is 1. The van der Waals surface area contributed by atoms with Gasteiger partial charge in [-0.25, -0.2) is 12.8 Å². The first-order valence-corrected chi connectivity index (χ1v) is 12.1. The Morgan fingerprint density at radius 1 is 1.25 bits per heavy atom. The lowest BCUT2D eigenvalue weighted by Crippen LogP contribution is -2.38. The van der Waals surface area contributed by atoms with E-state index in [1.807, 2.05) is 0 Å². The molecule has 32 heavy (non-hydrogen) atoms. The summed E-state index contributed by atoms with van der Waals surface area (Å²) in [6.07, 6.45) is 1.16. The molecule has 1 aliphatic rings. The number of thiophene rings is 1. The van der Waals surface area contributed by atoms with Crippen molar-refractivity contribution in [2.45, 2.75) is 13.5 Å². The molecule has 0 bridgehead atoms. The Hall–Kier alpha value is -2.88. The molecule has 0 amide bonds. The zero-order valence-electron chi connectivity index (χ0n) is 17.1. The molecule has 1 aromatic heterocycles. The topological polar surface area (TPSA) is 75.7 Å². The zero-order chi connectivity index (χ0) is 23.0. The van der Waals surface area contributed by atoms with E-state index in [0.29, 0.717) is 26.9 Å². The zero-order valence-corrected chi connectivity index (χ0v) is 19.4. The van der Waals surface area contributed by atoms with E-state index in [2.05, 4.69) is 5.32 Å². The van der Waals surface area contributed by atoms with Crippen LogP contribution in [0.1, 0.15) is 20.8 Å². The van der Waals surface area contributed by atoms with Gasteiger partial charge in [-0.2, -0.15) is 0 Å². The van der Waals surface area contributed by atoms with Crippen LogP contribution in [-0.2, 0) is 16.6 Å². The number of aryl methyl sites for hydroxylation is 1. The molecule has 0 fully saturated rings. The Balaban J connectivity index is 1.76. The Bertz CT molecular complexity index is 1350. The fourth-order valence-corrected chi connectivity index (χ4v) is 5.98. The maximum Gasteiger partial charge on any atom is 0.270 e. The molecule has 0 saturated carbocycles. The Morgan fingerprint density at radius 2 is 2.03 bits per heavy atom. The highest BCUT2D eigenvalue weighted by Gasteiger charge is 2.41. The summed E-state index contributed by atoms with van der Waals surface area (Å²) in [6, 6.07) is 10.6. The van der Waals surface area contributed by atoms with E-state index < -0.39 is 26.5 Å². The second-order valence-corrected chi connectivity index (χ2v) is 10.2. The molecule has 166 valence electrons. The summed E-state index contributed by atoms with van der Waals surface area (Å²) in [7, 11) is -2.76. The number of halogens is 2. The number of allylic oxidation sites excluding steroid dienone is 1. The van der Waals surface area contributed by atoms with E-state index in [-0.39, 0.29) is 12.2 Å². The first kappa shape index (κ1) is 22.3. The first-order chi connectivity index (χ1) is 15.2. The number of carbonyl (C=O) groups excluding carboxylic acids is 1. The van der Waals surface area contributed by atoms with Crippen LogP contribution in [0.25, 0.3) is 0 Å². The van der Waals surface area contributed by atoms with E-state index in [0.717, 1.165) is 27.4 Å². The van der Waals surface area contributed by atoms with E-state index in [1.54, 1.807) is 36.6 Å². The van der Waals surface area contributed by atoms with Gasteiger partial charge >= 0.3 is 0 Å². The van der Waals surface area contributed by atoms with Crippen molar-refractivity contribution in [3.05, 3.63) is 85.8 Å². The number of ketones is 1. The highest BCUT2D eigenvalue weighted by atomic mass is 35.5. The smallest absolute Gasteiger partial charge is 0.270 e. The minimum absolute atomic E-state index is 0.113. The number of benzene rings is 2. The van der Waals surface area contributed by atoms with Crippen LogP contribution in [0.5, 0.6) is 5.75 Å². The molecule has 2 aromatic carbocycles. The molecule has 0 aliphatic carbocycles. The molecular formula is C22H18ClFN2O4S2. The number of Topliss-reactive ketones (excluding diaryl/α,β-unsaturated/α-hetero) is 1. The van der Waals surface area contributed by atoms with Crippen LogP contribution < -0.4 is 14.4 Å². The first-order valence-electron chi connectivity index (χ1n) is 9.42. The maximum atomic E-state index is 13.7. The molecule has 3 aromatic rings. The number of methoxy groups -OCH3 is 1. The Morgan fingerprint density at radius 3 is 2.75 bits per heavy atom. The van der Waals surface area contributed by atoms with Crippen molar-refractivity contribution in [3.8, 4) is 5.75 Å². The highest BCUT2D eigenvalue weighted by Crippen LogP contribution is 2.40. The molecule has 0 unspecified atom stereocenters. The van der Waals surface area contributed by atoms with Gasteiger partial charge in [0.05, 0.1) is 25.0 Å². The third-order valence-corrected chi connectivity index (χ3v) is 8.04. The van der Waals surface area contributed by atoms with Crippen LogP contribution in [0.3, 0.4) is 0 Å². The van der Waals surface area contributed by atoms with Crippen LogP contribution in [0.4, 0.5) is 15.8 Å². The number of sulfonamides is 1. The molecule has 4 rings (SSSR count). The van der Waals surface area contributed by atoms with Crippen molar-refractivity contribution in [1.29, 1.82) is 0 Å². The lowest BCUT2D eigenvalue weighted by atomic mass is 10.2. The van der Waals surface area contributed by atoms with Gasteiger partial charge < -0.3 is 10.1 Å².